The molecule has 6 nitrogen and oxygen atoms in total. The summed E-state index contributed by atoms with van der Waals surface area (Å²) in [7, 11) is 0. The molecule has 1 aliphatic heterocycles. The summed E-state index contributed by atoms with van der Waals surface area (Å²) in [5.41, 5.74) is 2.86. The van der Waals surface area contributed by atoms with E-state index in [2.05, 4.69) is 10.3 Å². The Morgan fingerprint density at radius 2 is 2.00 bits per heavy atom. The Hall–Kier alpha value is -2.32. The van der Waals surface area contributed by atoms with Crippen molar-refractivity contribution in [1.82, 2.24) is 20.0 Å². The summed E-state index contributed by atoms with van der Waals surface area (Å²) in [5.74, 6) is 1.40. The predicted octanol–water partition coefficient (Wildman–Crippen LogP) is 4.21. The zero-order valence-corrected chi connectivity index (χ0v) is 19.4. The fourth-order valence-electron chi connectivity index (χ4n) is 3.22. The lowest BCUT2D eigenvalue weighted by atomic mass is 10.1. The summed E-state index contributed by atoms with van der Waals surface area (Å²) >= 11 is 8.12. The van der Waals surface area contributed by atoms with E-state index in [0.717, 1.165) is 17.1 Å². The van der Waals surface area contributed by atoms with Crippen molar-refractivity contribution in [3.8, 4) is 0 Å². The van der Waals surface area contributed by atoms with Crippen LogP contribution in [0.15, 0.2) is 29.8 Å². The molecule has 2 heterocycles. The highest BCUT2D eigenvalue weighted by molar-refractivity contribution is 7.99. The Morgan fingerprint density at radius 3 is 2.65 bits per heavy atom. The molecule has 0 saturated carbocycles. The fourth-order valence-corrected chi connectivity index (χ4v) is 4.38. The third-order valence-corrected chi connectivity index (χ3v) is 6.33. The number of rotatable bonds is 6. The van der Waals surface area contributed by atoms with Gasteiger partial charge in [0.25, 0.3) is 11.8 Å². The van der Waals surface area contributed by atoms with Gasteiger partial charge in [-0.1, -0.05) is 27.7 Å². The Labute approximate surface area is 190 Å². The molecule has 0 bridgehead atoms. The highest BCUT2D eigenvalue weighted by Gasteiger charge is 2.21. The van der Waals surface area contributed by atoms with Gasteiger partial charge in [-0.15, -0.1) is 0 Å². The second-order valence-corrected chi connectivity index (χ2v) is 9.24. The van der Waals surface area contributed by atoms with Gasteiger partial charge in [0.15, 0.2) is 5.82 Å². The molecule has 0 unspecified atom stereocenters. The summed E-state index contributed by atoms with van der Waals surface area (Å²) < 4.78 is 14.4. The van der Waals surface area contributed by atoms with Crippen LogP contribution in [-0.4, -0.2) is 51.1 Å². The topological polar surface area (TPSA) is 67.2 Å². The second kappa shape index (κ2) is 10.3. The molecule has 2 amide bonds. The van der Waals surface area contributed by atoms with Crippen LogP contribution in [0.2, 0.25) is 5.02 Å². The molecule has 3 rings (SSSR count). The smallest absolute Gasteiger partial charge is 0.255 e. The minimum absolute atomic E-state index is 0.0608. The molecular formula is C22H26ClFN4O2S. The number of hydrogen-bond acceptors (Lipinski definition) is 4. The molecule has 1 fully saturated rings. The Kier molecular flexibility index (Phi) is 7.78. The maximum atomic E-state index is 14.4. The van der Waals surface area contributed by atoms with Crippen LogP contribution in [0.3, 0.4) is 0 Å². The normalized spacial score (nSPS) is 13.8. The van der Waals surface area contributed by atoms with Gasteiger partial charge >= 0.3 is 0 Å². The summed E-state index contributed by atoms with van der Waals surface area (Å²) in [5, 5.41) is 2.89. The zero-order chi connectivity index (χ0) is 22.5. The van der Waals surface area contributed by atoms with Gasteiger partial charge in [0.05, 0.1) is 28.5 Å². The molecule has 31 heavy (non-hydrogen) atoms. The highest BCUT2D eigenvalue weighted by atomic mass is 35.5. The minimum Gasteiger partial charge on any atom is -0.345 e. The van der Waals surface area contributed by atoms with E-state index in [0.29, 0.717) is 46.8 Å². The number of aromatic nitrogens is 2. The van der Waals surface area contributed by atoms with Crippen molar-refractivity contribution in [3.05, 3.63) is 63.2 Å². The van der Waals surface area contributed by atoms with Crippen LogP contribution in [-0.2, 0) is 13.0 Å². The van der Waals surface area contributed by atoms with Crippen molar-refractivity contribution in [1.29, 1.82) is 0 Å². The SMILES string of the molecule is CC(C)=CCc1nc(CNC(=O)c2ccc(C(=O)N3CCSCC3)c(Cl)c2)n(F)c1C. The Bertz CT molecular complexity index is 1010. The molecule has 9 heteroatoms. The average Bonchev–Trinajstić information content (AvgIpc) is 3.04. The van der Waals surface area contributed by atoms with Gasteiger partial charge in [-0.2, -0.15) is 16.6 Å². The van der Waals surface area contributed by atoms with Gasteiger partial charge in [0.2, 0.25) is 0 Å². The first-order valence-electron chi connectivity index (χ1n) is 10.1. The molecule has 1 aromatic heterocycles. The number of imidazole rings is 1. The van der Waals surface area contributed by atoms with E-state index in [-0.39, 0.29) is 23.3 Å². The van der Waals surface area contributed by atoms with Crippen molar-refractivity contribution >= 4 is 35.2 Å². The maximum absolute atomic E-state index is 14.4. The zero-order valence-electron chi connectivity index (χ0n) is 17.9. The standard InChI is InChI=1S/C22H26ClFN4O2S/c1-14(2)4-7-19-15(3)28(24)20(26-19)13-25-21(29)16-5-6-17(18(23)12-16)22(30)27-8-10-31-11-9-27/h4-6,12H,7-11,13H2,1-3H3,(H,25,29). The minimum atomic E-state index is -0.415. The van der Waals surface area contributed by atoms with Crippen LogP contribution in [0.25, 0.3) is 0 Å². The molecule has 0 spiro atoms. The largest absolute Gasteiger partial charge is 0.345 e. The molecule has 1 aromatic carbocycles. The third-order valence-electron chi connectivity index (χ3n) is 5.07. The van der Waals surface area contributed by atoms with Gasteiger partial charge < -0.3 is 10.2 Å². The molecule has 0 atom stereocenters. The van der Waals surface area contributed by atoms with Crippen LogP contribution >= 0.6 is 23.4 Å². The molecule has 166 valence electrons. The molecule has 2 aromatic rings. The third kappa shape index (κ3) is 5.68. The quantitative estimate of drug-likeness (QED) is 0.650. The van der Waals surface area contributed by atoms with Gasteiger partial charge in [-0.05, 0) is 39.0 Å². The number of benzene rings is 1. The van der Waals surface area contributed by atoms with E-state index in [1.807, 2.05) is 31.7 Å². The summed E-state index contributed by atoms with van der Waals surface area (Å²) in [6.45, 7) is 6.91. The number of nitrogens with zero attached hydrogens (tertiary/aromatic N) is 3. The lowest BCUT2D eigenvalue weighted by Crippen LogP contribution is -2.38. The van der Waals surface area contributed by atoms with Crippen molar-refractivity contribution in [2.24, 2.45) is 0 Å². The Morgan fingerprint density at radius 1 is 1.29 bits per heavy atom. The molecule has 0 radical (unpaired) electrons. The van der Waals surface area contributed by atoms with E-state index < -0.39 is 5.91 Å². The lowest BCUT2D eigenvalue weighted by molar-refractivity contribution is 0.0771. The second-order valence-electron chi connectivity index (χ2n) is 7.61. The van der Waals surface area contributed by atoms with Gasteiger partial charge in [0.1, 0.15) is 0 Å². The maximum Gasteiger partial charge on any atom is 0.255 e. The Balaban J connectivity index is 1.66. The number of allylic oxidation sites excluding steroid dienone is 2. The summed E-state index contributed by atoms with van der Waals surface area (Å²) in [4.78, 5) is 31.8. The van der Waals surface area contributed by atoms with Crippen LogP contribution in [0.5, 0.6) is 0 Å². The first kappa shape index (κ1) is 23.3. The number of halogens is 2. The number of nitrogens with one attached hydrogen (secondary N) is 1. The number of hydrogen-bond donors (Lipinski definition) is 1. The molecule has 1 aliphatic rings. The van der Waals surface area contributed by atoms with E-state index in [1.54, 1.807) is 24.0 Å². The van der Waals surface area contributed by atoms with E-state index in [4.69, 9.17) is 11.6 Å². The lowest BCUT2D eigenvalue weighted by Gasteiger charge is -2.26. The molecule has 1 N–H and O–H groups in total. The van der Waals surface area contributed by atoms with Gasteiger partial charge in [-0.3, -0.25) is 9.59 Å². The number of thioether (sulfide) groups is 1. The monoisotopic (exact) mass is 464 g/mol. The van der Waals surface area contributed by atoms with Crippen LogP contribution in [0.4, 0.5) is 4.48 Å². The predicted molar refractivity (Wildman–Crippen MR) is 122 cm³/mol. The van der Waals surface area contributed by atoms with Crippen LogP contribution in [0.1, 0.15) is 51.8 Å². The van der Waals surface area contributed by atoms with Crippen LogP contribution < -0.4 is 5.32 Å². The first-order valence-corrected chi connectivity index (χ1v) is 11.6. The molecule has 1 saturated heterocycles. The van der Waals surface area contributed by atoms with E-state index >= 15 is 0 Å². The fraction of sp³-hybridized carbons (Fsp3) is 0.409. The summed E-state index contributed by atoms with van der Waals surface area (Å²) in [6.07, 6.45) is 2.51. The van der Waals surface area contributed by atoms with Gasteiger partial charge in [-0.25, -0.2) is 4.98 Å². The van der Waals surface area contributed by atoms with Crippen molar-refractivity contribution in [2.75, 3.05) is 24.6 Å². The van der Waals surface area contributed by atoms with E-state index in [1.165, 1.54) is 6.07 Å². The highest BCUT2D eigenvalue weighted by Crippen LogP contribution is 2.22. The van der Waals surface area contributed by atoms with Crippen molar-refractivity contribution in [3.63, 3.8) is 0 Å². The van der Waals surface area contributed by atoms with Gasteiger partial charge in [0, 0.05) is 36.6 Å². The molecule has 0 aliphatic carbocycles. The number of carbonyl (C=O) groups is 2. The molecular weight excluding hydrogens is 439 g/mol. The van der Waals surface area contributed by atoms with Crippen molar-refractivity contribution < 1.29 is 14.1 Å². The van der Waals surface area contributed by atoms with E-state index in [9.17, 15) is 14.1 Å². The summed E-state index contributed by atoms with van der Waals surface area (Å²) in [6, 6.07) is 4.59. The first-order chi connectivity index (χ1) is 14.8. The average molecular weight is 465 g/mol. The van der Waals surface area contributed by atoms with Crippen LogP contribution in [0, 0.1) is 6.92 Å². The van der Waals surface area contributed by atoms with Crippen molar-refractivity contribution in [2.45, 2.75) is 33.7 Å². The number of amides is 2. The number of carbonyl (C=O) groups excluding carboxylic acids is 2.